The zero-order valence-electron chi connectivity index (χ0n) is 12.3. The maximum absolute atomic E-state index is 12.7. The highest BCUT2D eigenvalue weighted by atomic mass is 16.5. The number of nitrogens with zero attached hydrogens (tertiary/aromatic N) is 1. The van der Waals surface area contributed by atoms with Gasteiger partial charge < -0.3 is 4.74 Å². The van der Waals surface area contributed by atoms with E-state index in [2.05, 4.69) is 4.98 Å². The van der Waals surface area contributed by atoms with E-state index in [1.807, 2.05) is 37.3 Å². The molecule has 1 unspecified atom stereocenters. The minimum absolute atomic E-state index is 0.257. The first-order valence-corrected chi connectivity index (χ1v) is 7.14. The summed E-state index contributed by atoms with van der Waals surface area (Å²) in [6, 6.07) is 9.40. The number of carbonyl (C=O) groups excluding carboxylic acids is 2. The van der Waals surface area contributed by atoms with Crippen molar-refractivity contribution in [2.45, 2.75) is 26.2 Å². The molecule has 1 aromatic heterocycles. The molecule has 4 nitrogen and oxygen atoms in total. The summed E-state index contributed by atoms with van der Waals surface area (Å²) in [6.07, 6.45) is 3.82. The molecule has 0 saturated heterocycles. The summed E-state index contributed by atoms with van der Waals surface area (Å²) in [5.74, 6) is -1.51. The molecule has 0 aliphatic rings. The summed E-state index contributed by atoms with van der Waals surface area (Å²) in [4.78, 5) is 28.8. The van der Waals surface area contributed by atoms with Gasteiger partial charge in [0.15, 0.2) is 5.78 Å². The van der Waals surface area contributed by atoms with Gasteiger partial charge in [0, 0.05) is 11.6 Å². The zero-order chi connectivity index (χ0) is 15.2. The molecular weight excluding hydrogens is 266 g/mol. The Hall–Kier alpha value is -2.23. The Bertz CT molecular complexity index is 646. The summed E-state index contributed by atoms with van der Waals surface area (Å²) < 4.78 is 4.78. The van der Waals surface area contributed by atoms with E-state index in [-0.39, 0.29) is 5.78 Å². The minimum Gasteiger partial charge on any atom is -0.468 e. The fourth-order valence-corrected chi connectivity index (χ4v) is 2.39. The number of Topliss-reactive ketones (excluding diaryl/α,β-unsaturated/α-hetero) is 1. The van der Waals surface area contributed by atoms with Gasteiger partial charge >= 0.3 is 5.97 Å². The van der Waals surface area contributed by atoms with Crippen LogP contribution in [0, 0.1) is 5.92 Å². The number of esters is 1. The molecule has 1 heterocycles. The van der Waals surface area contributed by atoms with Crippen LogP contribution in [0.15, 0.2) is 36.5 Å². The summed E-state index contributed by atoms with van der Waals surface area (Å²) in [6.45, 7) is 2.02. The molecule has 4 heteroatoms. The molecule has 2 rings (SSSR count). The fourth-order valence-electron chi connectivity index (χ4n) is 2.39. The average Bonchev–Trinajstić information content (AvgIpc) is 2.54. The average molecular weight is 285 g/mol. The third kappa shape index (κ3) is 3.27. The number of methoxy groups -OCH3 is 1. The highest BCUT2D eigenvalue weighted by molar-refractivity contribution is 6.13. The van der Waals surface area contributed by atoms with E-state index in [0.29, 0.717) is 12.1 Å². The van der Waals surface area contributed by atoms with Crippen molar-refractivity contribution in [3.05, 3.63) is 42.2 Å². The van der Waals surface area contributed by atoms with Crippen LogP contribution in [-0.2, 0) is 9.53 Å². The van der Waals surface area contributed by atoms with E-state index in [1.165, 1.54) is 7.11 Å². The van der Waals surface area contributed by atoms with Crippen LogP contribution in [0.25, 0.3) is 10.8 Å². The predicted molar refractivity (Wildman–Crippen MR) is 81.1 cm³/mol. The van der Waals surface area contributed by atoms with Gasteiger partial charge in [0.2, 0.25) is 0 Å². The van der Waals surface area contributed by atoms with Crippen molar-refractivity contribution in [1.29, 1.82) is 0 Å². The zero-order valence-corrected chi connectivity index (χ0v) is 12.3. The largest absolute Gasteiger partial charge is 0.468 e. The fraction of sp³-hybridized carbons (Fsp3) is 0.353. The van der Waals surface area contributed by atoms with Crippen LogP contribution in [0.3, 0.4) is 0 Å². The highest BCUT2D eigenvalue weighted by Crippen LogP contribution is 2.22. The quantitative estimate of drug-likeness (QED) is 0.464. The number of aromatic nitrogens is 1. The number of fused-ring (bicyclic) bond motifs is 1. The number of rotatable bonds is 6. The van der Waals surface area contributed by atoms with Gasteiger partial charge in [-0.1, -0.05) is 44.0 Å². The van der Waals surface area contributed by atoms with E-state index < -0.39 is 11.9 Å². The van der Waals surface area contributed by atoms with Gasteiger partial charge in [-0.25, -0.2) is 0 Å². The standard InChI is InChI=1S/C17H19NO3/c1-3-4-8-14(17(20)21-2)16(19)15-13-9-6-5-7-12(13)10-11-18-15/h5-7,9-11,14H,3-4,8H2,1-2H3. The molecule has 0 aliphatic carbocycles. The molecule has 1 atom stereocenters. The van der Waals surface area contributed by atoms with Crippen LogP contribution >= 0.6 is 0 Å². The topological polar surface area (TPSA) is 56.3 Å². The Morgan fingerprint density at radius 2 is 2.00 bits per heavy atom. The molecule has 110 valence electrons. The lowest BCUT2D eigenvalue weighted by Crippen LogP contribution is -2.26. The minimum atomic E-state index is -0.770. The molecule has 0 saturated carbocycles. The molecule has 0 N–H and O–H groups in total. The molecule has 0 aliphatic heterocycles. The van der Waals surface area contributed by atoms with Gasteiger partial charge in [-0.15, -0.1) is 0 Å². The van der Waals surface area contributed by atoms with Crippen molar-refractivity contribution >= 4 is 22.5 Å². The smallest absolute Gasteiger partial charge is 0.316 e. The normalized spacial score (nSPS) is 12.1. The molecule has 21 heavy (non-hydrogen) atoms. The first-order chi connectivity index (χ1) is 10.2. The van der Waals surface area contributed by atoms with Crippen LogP contribution < -0.4 is 0 Å². The van der Waals surface area contributed by atoms with Crippen molar-refractivity contribution < 1.29 is 14.3 Å². The molecule has 0 amide bonds. The Morgan fingerprint density at radius 3 is 2.71 bits per heavy atom. The maximum Gasteiger partial charge on any atom is 0.316 e. The first kappa shape index (κ1) is 15.2. The van der Waals surface area contributed by atoms with Gasteiger partial charge in [-0.3, -0.25) is 14.6 Å². The lowest BCUT2D eigenvalue weighted by Gasteiger charge is -2.13. The molecule has 0 fully saturated rings. The second-order valence-corrected chi connectivity index (χ2v) is 4.96. The number of benzene rings is 1. The van der Waals surface area contributed by atoms with Gasteiger partial charge in [0.1, 0.15) is 11.6 Å². The van der Waals surface area contributed by atoms with Crippen LogP contribution in [-0.4, -0.2) is 23.8 Å². The lowest BCUT2D eigenvalue weighted by molar-refractivity contribution is -0.143. The Labute approximate surface area is 124 Å². The summed E-state index contributed by atoms with van der Waals surface area (Å²) in [5, 5.41) is 1.71. The van der Waals surface area contributed by atoms with E-state index in [9.17, 15) is 9.59 Å². The third-order valence-electron chi connectivity index (χ3n) is 3.56. The summed E-state index contributed by atoms with van der Waals surface area (Å²) >= 11 is 0. The maximum atomic E-state index is 12.7. The van der Waals surface area contributed by atoms with Crippen LogP contribution in [0.2, 0.25) is 0 Å². The van der Waals surface area contributed by atoms with Crippen molar-refractivity contribution in [2.24, 2.45) is 5.92 Å². The molecule has 0 bridgehead atoms. The van der Waals surface area contributed by atoms with E-state index in [4.69, 9.17) is 4.74 Å². The number of hydrogen-bond donors (Lipinski definition) is 0. The number of ketones is 1. The van der Waals surface area contributed by atoms with Crippen LogP contribution in [0.4, 0.5) is 0 Å². The Balaban J connectivity index is 2.40. The van der Waals surface area contributed by atoms with Crippen molar-refractivity contribution in [1.82, 2.24) is 4.98 Å². The van der Waals surface area contributed by atoms with Gasteiger partial charge in [0.05, 0.1) is 7.11 Å². The number of carbonyl (C=O) groups is 2. The SMILES string of the molecule is CCCCC(C(=O)OC)C(=O)c1nccc2ccccc12. The molecule has 1 aromatic carbocycles. The number of unbranched alkanes of at least 4 members (excludes halogenated alkanes) is 1. The number of ether oxygens (including phenoxy) is 1. The molecule has 2 aromatic rings. The van der Waals surface area contributed by atoms with Crippen LogP contribution in [0.5, 0.6) is 0 Å². The third-order valence-corrected chi connectivity index (χ3v) is 3.56. The van der Waals surface area contributed by atoms with Gasteiger partial charge in [0.25, 0.3) is 0 Å². The number of pyridine rings is 1. The second-order valence-electron chi connectivity index (χ2n) is 4.96. The van der Waals surface area contributed by atoms with Crippen molar-refractivity contribution in [3.8, 4) is 0 Å². The van der Waals surface area contributed by atoms with E-state index >= 15 is 0 Å². The predicted octanol–water partition coefficient (Wildman–Crippen LogP) is 3.40. The number of hydrogen-bond acceptors (Lipinski definition) is 4. The highest BCUT2D eigenvalue weighted by Gasteiger charge is 2.29. The van der Waals surface area contributed by atoms with E-state index in [1.54, 1.807) is 6.20 Å². The summed E-state index contributed by atoms with van der Waals surface area (Å²) in [7, 11) is 1.31. The Kier molecular flexibility index (Phi) is 5.04. The van der Waals surface area contributed by atoms with Crippen LogP contribution in [0.1, 0.15) is 36.7 Å². The lowest BCUT2D eigenvalue weighted by atomic mass is 9.93. The molecular formula is C17H19NO3. The summed E-state index contributed by atoms with van der Waals surface area (Å²) in [5.41, 5.74) is 0.347. The molecule has 0 radical (unpaired) electrons. The van der Waals surface area contributed by atoms with Gasteiger partial charge in [-0.2, -0.15) is 0 Å². The first-order valence-electron chi connectivity index (χ1n) is 7.14. The van der Waals surface area contributed by atoms with Gasteiger partial charge in [-0.05, 0) is 17.9 Å². The van der Waals surface area contributed by atoms with Crippen molar-refractivity contribution in [2.75, 3.05) is 7.11 Å². The Morgan fingerprint density at radius 1 is 1.24 bits per heavy atom. The molecule has 0 spiro atoms. The second kappa shape index (κ2) is 6.97. The van der Waals surface area contributed by atoms with Crippen molar-refractivity contribution in [3.63, 3.8) is 0 Å². The van der Waals surface area contributed by atoms with E-state index in [0.717, 1.165) is 23.6 Å². The monoisotopic (exact) mass is 285 g/mol.